The average Bonchev–Trinajstić information content (AvgIpc) is 2.54. The lowest BCUT2D eigenvalue weighted by molar-refractivity contribution is -0.135. The van der Waals surface area contributed by atoms with E-state index in [1.165, 1.54) is 11.8 Å². The number of pyridine rings is 1. The standard InChI is InChI=1S/C18H21N3O2/c1-14-5-3-4-6-17(14)11-20-18(23)13-21(15(2)22)12-16-7-9-19-10-8-16/h3-10H,11-13H2,1-2H3,(H,20,23). The smallest absolute Gasteiger partial charge is 0.239 e. The number of aryl methyl sites for hydroxylation is 1. The van der Waals surface area contributed by atoms with Crippen LogP contribution >= 0.6 is 0 Å². The largest absolute Gasteiger partial charge is 0.350 e. The fraction of sp³-hybridized carbons (Fsp3) is 0.278. The summed E-state index contributed by atoms with van der Waals surface area (Å²) >= 11 is 0. The zero-order valence-corrected chi connectivity index (χ0v) is 13.5. The van der Waals surface area contributed by atoms with Crippen LogP contribution in [0, 0.1) is 6.92 Å². The lowest BCUT2D eigenvalue weighted by Gasteiger charge is -2.20. The number of nitrogens with one attached hydrogen (secondary N) is 1. The molecule has 1 aromatic heterocycles. The summed E-state index contributed by atoms with van der Waals surface area (Å²) in [5.74, 6) is -0.301. The molecule has 0 saturated carbocycles. The molecule has 1 N–H and O–H groups in total. The molecular weight excluding hydrogens is 290 g/mol. The number of carbonyl (C=O) groups is 2. The molecule has 0 unspecified atom stereocenters. The average molecular weight is 311 g/mol. The molecule has 2 amide bonds. The van der Waals surface area contributed by atoms with E-state index in [4.69, 9.17) is 0 Å². The Hall–Kier alpha value is -2.69. The predicted octanol–water partition coefficient (Wildman–Crippen LogP) is 2.05. The summed E-state index contributed by atoms with van der Waals surface area (Å²) in [6.07, 6.45) is 3.35. The fourth-order valence-electron chi connectivity index (χ4n) is 2.22. The second-order valence-electron chi connectivity index (χ2n) is 5.43. The van der Waals surface area contributed by atoms with Crippen molar-refractivity contribution in [2.45, 2.75) is 26.9 Å². The molecule has 0 saturated heterocycles. The highest BCUT2D eigenvalue weighted by molar-refractivity contribution is 5.83. The summed E-state index contributed by atoms with van der Waals surface area (Å²) in [5, 5.41) is 2.87. The van der Waals surface area contributed by atoms with Crippen LogP contribution < -0.4 is 5.32 Å². The monoisotopic (exact) mass is 311 g/mol. The predicted molar refractivity (Wildman–Crippen MR) is 88.4 cm³/mol. The third kappa shape index (κ3) is 5.21. The molecule has 2 rings (SSSR count). The summed E-state index contributed by atoms with van der Waals surface area (Å²) in [6, 6.07) is 11.6. The van der Waals surface area contributed by atoms with Crippen molar-refractivity contribution in [3.63, 3.8) is 0 Å². The highest BCUT2D eigenvalue weighted by Crippen LogP contribution is 2.07. The van der Waals surface area contributed by atoms with E-state index in [0.717, 1.165) is 16.7 Å². The molecule has 5 nitrogen and oxygen atoms in total. The first-order chi connectivity index (χ1) is 11.1. The molecule has 0 radical (unpaired) electrons. The third-order valence-electron chi connectivity index (χ3n) is 3.64. The van der Waals surface area contributed by atoms with Crippen LogP contribution in [0.5, 0.6) is 0 Å². The lowest BCUT2D eigenvalue weighted by atomic mass is 10.1. The Balaban J connectivity index is 1.91. The molecule has 0 aliphatic rings. The number of hydrogen-bond acceptors (Lipinski definition) is 3. The van der Waals surface area contributed by atoms with Crippen LogP contribution in [-0.4, -0.2) is 28.2 Å². The van der Waals surface area contributed by atoms with Gasteiger partial charge in [0.15, 0.2) is 0 Å². The molecule has 1 aromatic carbocycles. The van der Waals surface area contributed by atoms with Gasteiger partial charge in [-0.15, -0.1) is 0 Å². The Kier molecular flexibility index (Phi) is 5.86. The first kappa shape index (κ1) is 16.7. The Bertz CT molecular complexity index is 671. The zero-order valence-electron chi connectivity index (χ0n) is 13.5. The maximum absolute atomic E-state index is 12.1. The van der Waals surface area contributed by atoms with Crippen LogP contribution in [0.25, 0.3) is 0 Å². The van der Waals surface area contributed by atoms with E-state index in [2.05, 4.69) is 10.3 Å². The fourth-order valence-corrected chi connectivity index (χ4v) is 2.22. The van der Waals surface area contributed by atoms with Gasteiger partial charge in [0.1, 0.15) is 0 Å². The highest BCUT2D eigenvalue weighted by atomic mass is 16.2. The summed E-state index contributed by atoms with van der Waals surface area (Å²) in [5.41, 5.74) is 3.15. The van der Waals surface area contributed by atoms with Crippen molar-refractivity contribution in [2.24, 2.45) is 0 Å². The van der Waals surface area contributed by atoms with E-state index >= 15 is 0 Å². The minimum Gasteiger partial charge on any atom is -0.350 e. The van der Waals surface area contributed by atoms with E-state index in [1.807, 2.05) is 43.3 Å². The molecule has 5 heteroatoms. The number of rotatable bonds is 6. The van der Waals surface area contributed by atoms with Gasteiger partial charge in [-0.1, -0.05) is 24.3 Å². The van der Waals surface area contributed by atoms with Gasteiger partial charge in [-0.25, -0.2) is 0 Å². The number of carbonyl (C=O) groups excluding carboxylic acids is 2. The van der Waals surface area contributed by atoms with E-state index in [0.29, 0.717) is 13.1 Å². The molecule has 0 bridgehead atoms. The maximum Gasteiger partial charge on any atom is 0.239 e. The number of aromatic nitrogens is 1. The number of hydrogen-bond donors (Lipinski definition) is 1. The van der Waals surface area contributed by atoms with E-state index in [9.17, 15) is 9.59 Å². The summed E-state index contributed by atoms with van der Waals surface area (Å²) in [4.78, 5) is 29.3. The quantitative estimate of drug-likeness (QED) is 0.888. The third-order valence-corrected chi connectivity index (χ3v) is 3.64. The highest BCUT2D eigenvalue weighted by Gasteiger charge is 2.14. The second-order valence-corrected chi connectivity index (χ2v) is 5.43. The molecule has 1 heterocycles. The van der Waals surface area contributed by atoms with Gasteiger partial charge >= 0.3 is 0 Å². The minimum atomic E-state index is -0.169. The molecule has 0 aliphatic heterocycles. The molecule has 0 aliphatic carbocycles. The Morgan fingerprint density at radius 1 is 1.13 bits per heavy atom. The number of amides is 2. The van der Waals surface area contributed by atoms with Crippen molar-refractivity contribution >= 4 is 11.8 Å². The van der Waals surface area contributed by atoms with Crippen molar-refractivity contribution in [1.29, 1.82) is 0 Å². The molecule has 23 heavy (non-hydrogen) atoms. The van der Waals surface area contributed by atoms with Crippen molar-refractivity contribution in [3.05, 3.63) is 65.5 Å². The van der Waals surface area contributed by atoms with Gasteiger partial charge in [0.25, 0.3) is 0 Å². The van der Waals surface area contributed by atoms with Gasteiger partial charge in [0.2, 0.25) is 11.8 Å². The summed E-state index contributed by atoms with van der Waals surface area (Å²) in [6.45, 7) is 4.38. The Labute approximate surface area is 136 Å². The van der Waals surface area contributed by atoms with Crippen molar-refractivity contribution < 1.29 is 9.59 Å². The molecule has 0 fully saturated rings. The van der Waals surface area contributed by atoms with E-state index in [-0.39, 0.29) is 18.4 Å². The first-order valence-corrected chi connectivity index (χ1v) is 7.52. The molecule has 0 atom stereocenters. The summed E-state index contributed by atoms with van der Waals surface area (Å²) < 4.78 is 0. The number of benzene rings is 1. The van der Waals surface area contributed by atoms with Crippen LogP contribution in [0.1, 0.15) is 23.6 Å². The van der Waals surface area contributed by atoms with Gasteiger partial charge in [-0.05, 0) is 35.7 Å². The van der Waals surface area contributed by atoms with Gasteiger partial charge in [0, 0.05) is 32.4 Å². The second kappa shape index (κ2) is 8.08. The van der Waals surface area contributed by atoms with Crippen LogP contribution in [-0.2, 0) is 22.7 Å². The van der Waals surface area contributed by atoms with Crippen LogP contribution in [0.3, 0.4) is 0 Å². The topological polar surface area (TPSA) is 62.3 Å². The Morgan fingerprint density at radius 2 is 1.83 bits per heavy atom. The van der Waals surface area contributed by atoms with Gasteiger partial charge in [0.05, 0.1) is 6.54 Å². The molecule has 2 aromatic rings. The van der Waals surface area contributed by atoms with Crippen LogP contribution in [0.4, 0.5) is 0 Å². The van der Waals surface area contributed by atoms with Crippen molar-refractivity contribution in [3.8, 4) is 0 Å². The van der Waals surface area contributed by atoms with Gasteiger partial charge < -0.3 is 10.2 Å². The molecule has 120 valence electrons. The first-order valence-electron chi connectivity index (χ1n) is 7.52. The SMILES string of the molecule is CC(=O)N(CC(=O)NCc1ccccc1C)Cc1ccncc1. The normalized spacial score (nSPS) is 10.2. The lowest BCUT2D eigenvalue weighted by Crippen LogP contribution is -2.39. The Morgan fingerprint density at radius 3 is 2.48 bits per heavy atom. The zero-order chi connectivity index (χ0) is 16.7. The summed E-state index contributed by atoms with van der Waals surface area (Å²) in [7, 11) is 0. The van der Waals surface area contributed by atoms with Crippen LogP contribution in [0.2, 0.25) is 0 Å². The molecular formula is C18H21N3O2. The minimum absolute atomic E-state index is 0.0452. The van der Waals surface area contributed by atoms with E-state index in [1.54, 1.807) is 12.4 Å². The maximum atomic E-state index is 12.1. The molecule has 0 spiro atoms. The van der Waals surface area contributed by atoms with Crippen molar-refractivity contribution in [2.75, 3.05) is 6.54 Å². The number of nitrogens with zero attached hydrogens (tertiary/aromatic N) is 2. The van der Waals surface area contributed by atoms with E-state index < -0.39 is 0 Å². The van der Waals surface area contributed by atoms with Gasteiger partial charge in [-0.2, -0.15) is 0 Å². The van der Waals surface area contributed by atoms with Crippen molar-refractivity contribution in [1.82, 2.24) is 15.2 Å². The van der Waals surface area contributed by atoms with Gasteiger partial charge in [-0.3, -0.25) is 14.6 Å². The van der Waals surface area contributed by atoms with Crippen LogP contribution in [0.15, 0.2) is 48.8 Å².